The van der Waals surface area contributed by atoms with Crippen LogP contribution in [-0.4, -0.2) is 29.9 Å². The van der Waals surface area contributed by atoms with Crippen LogP contribution in [0.15, 0.2) is 48.8 Å². The molecular weight excluding hydrogens is 280 g/mol. The van der Waals surface area contributed by atoms with Gasteiger partial charge in [0.25, 0.3) is 11.8 Å². The molecule has 0 aliphatic rings. The predicted octanol–water partition coefficient (Wildman–Crippen LogP) is 0.700. The predicted molar refractivity (Wildman–Crippen MR) is 83.2 cm³/mol. The number of aromatic nitrogens is 1. The first-order chi connectivity index (χ1) is 10.7. The highest BCUT2D eigenvalue weighted by Crippen LogP contribution is 2.05. The highest BCUT2D eigenvalue weighted by molar-refractivity contribution is 5.94. The molecule has 1 aromatic carbocycles. The molecule has 114 valence electrons. The van der Waals surface area contributed by atoms with Crippen molar-refractivity contribution in [3.8, 4) is 0 Å². The van der Waals surface area contributed by atoms with E-state index in [1.807, 2.05) is 0 Å². The molecule has 0 fully saturated rings. The van der Waals surface area contributed by atoms with Crippen LogP contribution in [0.1, 0.15) is 26.3 Å². The zero-order chi connectivity index (χ0) is 15.8. The minimum Gasteiger partial charge on any atom is -0.351 e. The molecule has 2 aromatic rings. The minimum atomic E-state index is -0.183. The molecule has 0 spiro atoms. The van der Waals surface area contributed by atoms with E-state index in [-0.39, 0.29) is 11.8 Å². The van der Waals surface area contributed by atoms with E-state index in [4.69, 9.17) is 5.73 Å². The van der Waals surface area contributed by atoms with Gasteiger partial charge in [-0.2, -0.15) is 0 Å². The molecule has 0 aliphatic carbocycles. The maximum Gasteiger partial charge on any atom is 0.253 e. The number of benzene rings is 1. The highest BCUT2D eigenvalue weighted by atomic mass is 16.2. The summed E-state index contributed by atoms with van der Waals surface area (Å²) >= 11 is 0. The van der Waals surface area contributed by atoms with Crippen molar-refractivity contribution >= 4 is 11.8 Å². The third-order valence-electron chi connectivity index (χ3n) is 3.02. The van der Waals surface area contributed by atoms with E-state index in [0.29, 0.717) is 30.8 Å². The number of carbonyl (C=O) groups excluding carboxylic acids is 2. The lowest BCUT2D eigenvalue weighted by Gasteiger charge is -2.07. The number of nitrogens with zero attached hydrogens (tertiary/aromatic N) is 1. The Morgan fingerprint density at radius 2 is 1.73 bits per heavy atom. The van der Waals surface area contributed by atoms with Crippen LogP contribution in [0, 0.1) is 0 Å². The van der Waals surface area contributed by atoms with Crippen molar-refractivity contribution in [2.24, 2.45) is 5.73 Å². The summed E-state index contributed by atoms with van der Waals surface area (Å²) in [5.74, 6) is -0.339. The fraction of sp³-hybridized carbons (Fsp3) is 0.188. The van der Waals surface area contributed by atoms with Gasteiger partial charge in [-0.25, -0.2) is 0 Å². The van der Waals surface area contributed by atoms with Crippen molar-refractivity contribution in [1.29, 1.82) is 0 Å². The Morgan fingerprint density at radius 1 is 1.00 bits per heavy atom. The Labute approximate surface area is 128 Å². The number of carbonyl (C=O) groups is 2. The monoisotopic (exact) mass is 298 g/mol. The maximum absolute atomic E-state index is 11.9. The number of hydrogen-bond acceptors (Lipinski definition) is 4. The number of hydrogen-bond donors (Lipinski definition) is 3. The Balaban J connectivity index is 1.89. The fourth-order valence-electron chi connectivity index (χ4n) is 1.84. The molecule has 0 radical (unpaired) electrons. The average molecular weight is 298 g/mol. The lowest BCUT2D eigenvalue weighted by Crippen LogP contribution is -2.29. The zero-order valence-corrected chi connectivity index (χ0v) is 12.1. The van der Waals surface area contributed by atoms with Crippen LogP contribution in [0.5, 0.6) is 0 Å². The Hall–Kier alpha value is -2.73. The highest BCUT2D eigenvalue weighted by Gasteiger charge is 2.06. The van der Waals surface area contributed by atoms with Crippen LogP contribution in [-0.2, 0) is 6.54 Å². The first kappa shape index (κ1) is 15.7. The molecule has 0 atom stereocenters. The summed E-state index contributed by atoms with van der Waals surface area (Å²) in [6.45, 7) is 1.24. The number of nitrogens with one attached hydrogen (secondary N) is 2. The van der Waals surface area contributed by atoms with Gasteiger partial charge in [0.15, 0.2) is 0 Å². The van der Waals surface area contributed by atoms with Crippen LogP contribution in [0.2, 0.25) is 0 Å². The topological polar surface area (TPSA) is 97.1 Å². The van der Waals surface area contributed by atoms with Gasteiger partial charge in [0.1, 0.15) is 0 Å². The van der Waals surface area contributed by atoms with Gasteiger partial charge in [0, 0.05) is 37.6 Å². The second-order valence-electron chi connectivity index (χ2n) is 4.67. The molecule has 2 amide bonds. The summed E-state index contributed by atoms with van der Waals surface area (Å²) in [5, 5.41) is 5.50. The molecule has 2 rings (SSSR count). The zero-order valence-electron chi connectivity index (χ0n) is 12.1. The van der Waals surface area contributed by atoms with Gasteiger partial charge in [-0.1, -0.05) is 12.1 Å². The first-order valence-corrected chi connectivity index (χ1v) is 6.96. The standard InChI is InChI=1S/C16H18N4O2/c17-7-9-19-15(21)13-5-3-12(4-6-13)10-20-16(22)14-2-1-8-18-11-14/h1-6,8,11H,7,9-10,17H2,(H,19,21)(H,20,22). The quantitative estimate of drug-likeness (QED) is 0.731. The molecule has 1 heterocycles. The fourth-order valence-corrected chi connectivity index (χ4v) is 1.84. The maximum atomic E-state index is 11.9. The van der Waals surface area contributed by atoms with Crippen molar-refractivity contribution in [3.63, 3.8) is 0 Å². The van der Waals surface area contributed by atoms with Gasteiger partial charge in [-0.05, 0) is 29.8 Å². The van der Waals surface area contributed by atoms with Gasteiger partial charge >= 0.3 is 0 Å². The summed E-state index contributed by atoms with van der Waals surface area (Å²) in [5.41, 5.74) is 7.33. The van der Waals surface area contributed by atoms with E-state index in [9.17, 15) is 9.59 Å². The van der Waals surface area contributed by atoms with Crippen LogP contribution in [0.3, 0.4) is 0 Å². The van der Waals surface area contributed by atoms with Crippen molar-refractivity contribution in [2.75, 3.05) is 13.1 Å². The van der Waals surface area contributed by atoms with Crippen LogP contribution >= 0.6 is 0 Å². The van der Waals surface area contributed by atoms with E-state index in [1.165, 1.54) is 6.20 Å². The van der Waals surface area contributed by atoms with E-state index in [0.717, 1.165) is 5.56 Å². The first-order valence-electron chi connectivity index (χ1n) is 6.96. The van der Waals surface area contributed by atoms with E-state index >= 15 is 0 Å². The van der Waals surface area contributed by atoms with Crippen molar-refractivity contribution in [3.05, 3.63) is 65.5 Å². The SMILES string of the molecule is NCCNC(=O)c1ccc(CNC(=O)c2cccnc2)cc1. The normalized spacial score (nSPS) is 10.0. The molecule has 4 N–H and O–H groups in total. The third kappa shape index (κ3) is 4.39. The smallest absolute Gasteiger partial charge is 0.253 e. The molecular formula is C16H18N4O2. The number of rotatable bonds is 6. The molecule has 0 bridgehead atoms. The van der Waals surface area contributed by atoms with Gasteiger partial charge in [0.05, 0.1) is 5.56 Å². The summed E-state index contributed by atoms with van der Waals surface area (Å²) in [6.07, 6.45) is 3.13. The van der Waals surface area contributed by atoms with Crippen LogP contribution < -0.4 is 16.4 Å². The minimum absolute atomic E-state index is 0.156. The third-order valence-corrected chi connectivity index (χ3v) is 3.02. The molecule has 6 nitrogen and oxygen atoms in total. The van der Waals surface area contributed by atoms with Crippen molar-refractivity contribution in [1.82, 2.24) is 15.6 Å². The summed E-state index contributed by atoms with van der Waals surface area (Å²) in [7, 11) is 0. The second kappa shape index (κ2) is 7.90. The van der Waals surface area contributed by atoms with Gasteiger partial charge in [-0.3, -0.25) is 14.6 Å². The van der Waals surface area contributed by atoms with Crippen LogP contribution in [0.4, 0.5) is 0 Å². The van der Waals surface area contributed by atoms with E-state index in [2.05, 4.69) is 15.6 Å². The Morgan fingerprint density at radius 3 is 2.36 bits per heavy atom. The van der Waals surface area contributed by atoms with Gasteiger partial charge < -0.3 is 16.4 Å². The van der Waals surface area contributed by atoms with Gasteiger partial charge in [0.2, 0.25) is 0 Å². The van der Waals surface area contributed by atoms with Gasteiger partial charge in [-0.15, -0.1) is 0 Å². The molecule has 1 aromatic heterocycles. The largest absolute Gasteiger partial charge is 0.351 e. The van der Waals surface area contributed by atoms with E-state index < -0.39 is 0 Å². The van der Waals surface area contributed by atoms with Crippen molar-refractivity contribution < 1.29 is 9.59 Å². The lowest BCUT2D eigenvalue weighted by atomic mass is 10.1. The molecule has 0 aliphatic heterocycles. The van der Waals surface area contributed by atoms with Crippen LogP contribution in [0.25, 0.3) is 0 Å². The summed E-state index contributed by atoms with van der Waals surface area (Å²) in [6, 6.07) is 10.5. The lowest BCUT2D eigenvalue weighted by molar-refractivity contribution is 0.0943. The second-order valence-corrected chi connectivity index (χ2v) is 4.67. The number of amides is 2. The molecule has 0 saturated heterocycles. The Bertz CT molecular complexity index is 626. The molecule has 0 saturated carbocycles. The molecule has 22 heavy (non-hydrogen) atoms. The summed E-state index contributed by atoms with van der Waals surface area (Å²) < 4.78 is 0. The van der Waals surface area contributed by atoms with E-state index in [1.54, 1.807) is 42.6 Å². The molecule has 6 heteroatoms. The Kier molecular flexibility index (Phi) is 5.62. The van der Waals surface area contributed by atoms with Crippen molar-refractivity contribution in [2.45, 2.75) is 6.54 Å². The number of pyridine rings is 1. The average Bonchev–Trinajstić information content (AvgIpc) is 2.58. The summed E-state index contributed by atoms with van der Waals surface area (Å²) in [4.78, 5) is 27.5. The molecule has 0 unspecified atom stereocenters. The number of nitrogens with two attached hydrogens (primary N) is 1.